The summed E-state index contributed by atoms with van der Waals surface area (Å²) < 4.78 is 18.7. The number of carboxylic acid groups (broad SMARTS) is 1. The minimum absolute atomic E-state index is 0.00172. The summed E-state index contributed by atoms with van der Waals surface area (Å²) in [5.74, 6) is -2.23. The van der Waals surface area contributed by atoms with Crippen LogP contribution in [-0.2, 0) is 4.74 Å². The highest BCUT2D eigenvalue weighted by atomic mass is 19.1. The molecule has 1 atom stereocenters. The number of likely N-dealkylation sites (N-methyl/N-ethyl adjacent to an activating group) is 1. The molecule has 1 aromatic carbocycles. The smallest absolute Gasteiger partial charge is 0.338 e. The number of carbonyl (C=O) groups excluding carboxylic acids is 1. The molecule has 1 saturated heterocycles. The summed E-state index contributed by atoms with van der Waals surface area (Å²) in [5.41, 5.74) is -0.219. The van der Waals surface area contributed by atoms with Gasteiger partial charge in [0.05, 0.1) is 18.2 Å². The third kappa shape index (κ3) is 3.05. The number of anilines is 1. The summed E-state index contributed by atoms with van der Waals surface area (Å²) in [6.07, 6.45) is 0.760. The number of aromatic carboxylic acids is 1. The monoisotopic (exact) mass is 282 g/mol. The van der Waals surface area contributed by atoms with Crippen LogP contribution < -0.4 is 5.32 Å². The van der Waals surface area contributed by atoms with Gasteiger partial charge in [0.1, 0.15) is 5.82 Å². The van der Waals surface area contributed by atoms with Gasteiger partial charge in [0.25, 0.3) is 0 Å². The summed E-state index contributed by atoms with van der Waals surface area (Å²) in [7, 11) is 1.64. The molecule has 2 N–H and O–H groups in total. The van der Waals surface area contributed by atoms with Crippen LogP contribution in [0.4, 0.5) is 14.9 Å². The fourth-order valence-corrected chi connectivity index (χ4v) is 1.97. The van der Waals surface area contributed by atoms with Crippen molar-refractivity contribution in [2.75, 3.05) is 25.6 Å². The molecule has 0 radical (unpaired) electrons. The highest BCUT2D eigenvalue weighted by Gasteiger charge is 2.24. The average Bonchev–Trinajstić information content (AvgIpc) is 2.91. The highest BCUT2D eigenvalue weighted by Crippen LogP contribution is 2.16. The van der Waals surface area contributed by atoms with Crippen molar-refractivity contribution in [1.29, 1.82) is 0 Å². The lowest BCUT2D eigenvalue weighted by Crippen LogP contribution is -2.40. The Balaban J connectivity index is 2.04. The fraction of sp³-hybridized carbons (Fsp3) is 0.385. The molecule has 0 aromatic heterocycles. The molecule has 1 unspecified atom stereocenters. The van der Waals surface area contributed by atoms with E-state index in [-0.39, 0.29) is 17.8 Å². The van der Waals surface area contributed by atoms with Gasteiger partial charge in [0, 0.05) is 19.3 Å². The predicted octanol–water partition coefficient (Wildman–Crippen LogP) is 1.78. The first kappa shape index (κ1) is 14.3. The lowest BCUT2D eigenvalue weighted by atomic mass is 10.2. The van der Waals surface area contributed by atoms with E-state index < -0.39 is 17.3 Å². The zero-order chi connectivity index (χ0) is 14.7. The number of carboxylic acids is 1. The minimum atomic E-state index is -1.35. The summed E-state index contributed by atoms with van der Waals surface area (Å²) in [4.78, 5) is 24.1. The third-order valence-electron chi connectivity index (χ3n) is 3.22. The molecule has 20 heavy (non-hydrogen) atoms. The molecule has 1 fully saturated rings. The van der Waals surface area contributed by atoms with Gasteiger partial charge in [-0.05, 0) is 24.6 Å². The van der Waals surface area contributed by atoms with Crippen molar-refractivity contribution < 1.29 is 23.8 Å². The van der Waals surface area contributed by atoms with Crippen LogP contribution >= 0.6 is 0 Å². The van der Waals surface area contributed by atoms with Crippen LogP contribution in [-0.4, -0.2) is 48.3 Å². The zero-order valence-electron chi connectivity index (χ0n) is 10.9. The first-order valence-electron chi connectivity index (χ1n) is 6.13. The lowest BCUT2D eigenvalue weighted by Gasteiger charge is -2.23. The molecule has 6 nitrogen and oxygen atoms in total. The Morgan fingerprint density at radius 2 is 2.25 bits per heavy atom. The molecule has 0 aliphatic carbocycles. The summed E-state index contributed by atoms with van der Waals surface area (Å²) in [6.45, 7) is 1.10. The van der Waals surface area contributed by atoms with Crippen LogP contribution in [0.2, 0.25) is 0 Å². The summed E-state index contributed by atoms with van der Waals surface area (Å²) in [5, 5.41) is 11.2. The molecular weight excluding hydrogens is 267 g/mol. The molecule has 7 heteroatoms. The highest BCUT2D eigenvalue weighted by molar-refractivity contribution is 5.91. The van der Waals surface area contributed by atoms with E-state index in [2.05, 4.69) is 5.32 Å². The van der Waals surface area contributed by atoms with Gasteiger partial charge < -0.3 is 20.1 Å². The molecule has 2 rings (SSSR count). The van der Waals surface area contributed by atoms with Crippen LogP contribution in [0, 0.1) is 5.82 Å². The number of ether oxygens (including phenoxy) is 1. The Kier molecular flexibility index (Phi) is 4.19. The number of hydrogen-bond acceptors (Lipinski definition) is 3. The molecule has 1 aromatic rings. The van der Waals surface area contributed by atoms with Gasteiger partial charge in [0.15, 0.2) is 0 Å². The van der Waals surface area contributed by atoms with Gasteiger partial charge in [-0.2, -0.15) is 0 Å². The fourth-order valence-electron chi connectivity index (χ4n) is 1.97. The van der Waals surface area contributed by atoms with Crippen LogP contribution in [0.1, 0.15) is 16.8 Å². The predicted molar refractivity (Wildman–Crippen MR) is 69.4 cm³/mol. The number of benzene rings is 1. The van der Waals surface area contributed by atoms with Crippen molar-refractivity contribution in [1.82, 2.24) is 4.90 Å². The quantitative estimate of drug-likeness (QED) is 0.885. The summed E-state index contributed by atoms with van der Waals surface area (Å²) in [6, 6.07) is 3.07. The molecule has 1 heterocycles. The largest absolute Gasteiger partial charge is 0.478 e. The van der Waals surface area contributed by atoms with Gasteiger partial charge >= 0.3 is 12.0 Å². The van der Waals surface area contributed by atoms with Gasteiger partial charge in [-0.1, -0.05) is 0 Å². The van der Waals surface area contributed by atoms with E-state index in [9.17, 15) is 14.0 Å². The van der Waals surface area contributed by atoms with E-state index in [4.69, 9.17) is 9.84 Å². The van der Waals surface area contributed by atoms with Gasteiger partial charge in [-0.15, -0.1) is 0 Å². The van der Waals surface area contributed by atoms with Crippen molar-refractivity contribution in [3.05, 3.63) is 29.6 Å². The van der Waals surface area contributed by atoms with Crippen molar-refractivity contribution in [2.24, 2.45) is 0 Å². The maximum Gasteiger partial charge on any atom is 0.338 e. The SMILES string of the molecule is CN(C(=O)Nc1ccc(C(=O)O)c(F)c1)C1CCOC1. The van der Waals surface area contributed by atoms with E-state index in [1.165, 1.54) is 11.0 Å². The number of nitrogens with zero attached hydrogens (tertiary/aromatic N) is 1. The third-order valence-corrected chi connectivity index (χ3v) is 3.22. The molecule has 0 saturated carbocycles. The second-order valence-corrected chi connectivity index (χ2v) is 4.56. The second-order valence-electron chi connectivity index (χ2n) is 4.56. The minimum Gasteiger partial charge on any atom is -0.478 e. The van der Waals surface area contributed by atoms with Crippen LogP contribution in [0.15, 0.2) is 18.2 Å². The average molecular weight is 282 g/mol. The van der Waals surface area contributed by atoms with Crippen molar-refractivity contribution in [3.8, 4) is 0 Å². The van der Waals surface area contributed by atoms with Gasteiger partial charge in [-0.25, -0.2) is 14.0 Å². The normalized spacial score (nSPS) is 17.8. The number of hydrogen-bond donors (Lipinski definition) is 2. The number of nitrogens with one attached hydrogen (secondary N) is 1. The molecule has 1 aliphatic rings. The van der Waals surface area contributed by atoms with Crippen molar-refractivity contribution in [3.63, 3.8) is 0 Å². The van der Waals surface area contributed by atoms with Crippen LogP contribution in [0.3, 0.4) is 0 Å². The lowest BCUT2D eigenvalue weighted by molar-refractivity contribution is 0.0692. The molecule has 0 spiro atoms. The van der Waals surface area contributed by atoms with Crippen LogP contribution in [0.5, 0.6) is 0 Å². The van der Waals surface area contributed by atoms with Gasteiger partial charge in [0.2, 0.25) is 0 Å². The van der Waals surface area contributed by atoms with E-state index in [1.807, 2.05) is 0 Å². The summed E-state index contributed by atoms with van der Waals surface area (Å²) >= 11 is 0. The first-order valence-corrected chi connectivity index (χ1v) is 6.13. The van der Waals surface area contributed by atoms with Crippen molar-refractivity contribution in [2.45, 2.75) is 12.5 Å². The first-order chi connectivity index (χ1) is 9.49. The van der Waals surface area contributed by atoms with E-state index in [1.54, 1.807) is 7.05 Å². The van der Waals surface area contributed by atoms with E-state index in [0.29, 0.717) is 13.2 Å². The second kappa shape index (κ2) is 5.87. The number of amides is 2. The molecular formula is C13H15FN2O4. The standard InChI is InChI=1S/C13H15FN2O4/c1-16(9-4-5-20-7-9)13(19)15-8-2-3-10(12(17)18)11(14)6-8/h2-3,6,9H,4-5,7H2,1H3,(H,15,19)(H,17,18). The number of halogens is 1. The Bertz CT molecular complexity index is 529. The zero-order valence-corrected chi connectivity index (χ0v) is 10.9. The molecule has 108 valence electrons. The Hall–Kier alpha value is -2.15. The van der Waals surface area contributed by atoms with E-state index >= 15 is 0 Å². The molecule has 0 bridgehead atoms. The van der Waals surface area contributed by atoms with Crippen LogP contribution in [0.25, 0.3) is 0 Å². The van der Waals surface area contributed by atoms with E-state index in [0.717, 1.165) is 18.6 Å². The number of carbonyl (C=O) groups is 2. The Morgan fingerprint density at radius 1 is 1.50 bits per heavy atom. The topological polar surface area (TPSA) is 78.9 Å². The maximum atomic E-state index is 13.5. The van der Waals surface area contributed by atoms with Crippen molar-refractivity contribution >= 4 is 17.7 Å². The Labute approximate surface area is 115 Å². The van der Waals surface area contributed by atoms with Gasteiger partial charge in [-0.3, -0.25) is 0 Å². The number of rotatable bonds is 3. The maximum absolute atomic E-state index is 13.5. The molecule has 2 amide bonds. The Morgan fingerprint density at radius 3 is 2.80 bits per heavy atom. The number of urea groups is 1. The molecule has 1 aliphatic heterocycles.